The highest BCUT2D eigenvalue weighted by atomic mass is 32.1. The first-order valence-electron chi connectivity index (χ1n) is 23.0. The summed E-state index contributed by atoms with van der Waals surface area (Å²) < 4.78 is 9.72. The van der Waals surface area contributed by atoms with Crippen LogP contribution in [-0.2, 0) is 10.8 Å². The van der Waals surface area contributed by atoms with Gasteiger partial charge in [0, 0.05) is 65.3 Å². The fourth-order valence-electron chi connectivity index (χ4n) is 13.8. The number of hydrogen-bond donors (Lipinski definition) is 0. The molecule has 8 aromatic carbocycles. The van der Waals surface area contributed by atoms with E-state index in [9.17, 15) is 0 Å². The van der Waals surface area contributed by atoms with Crippen molar-refractivity contribution in [1.29, 1.82) is 0 Å². The van der Waals surface area contributed by atoms with E-state index in [2.05, 4.69) is 195 Å². The van der Waals surface area contributed by atoms with E-state index in [1.165, 1.54) is 108 Å². The maximum atomic E-state index is 7.06. The number of anilines is 3. The molecule has 2 spiro atoms. The minimum Gasteiger partial charge on any atom is -0.457 e. The Hall–Kier alpha value is -6.42. The van der Waals surface area contributed by atoms with Crippen LogP contribution in [-0.4, -0.2) is 0 Å². The van der Waals surface area contributed by atoms with Crippen LogP contribution in [0.25, 0.3) is 53.6 Å². The number of benzene rings is 8. The molecule has 0 amide bonds. The first-order chi connectivity index (χ1) is 30.9. The Morgan fingerprint density at radius 3 is 2.06 bits per heavy atom. The highest BCUT2D eigenvalue weighted by Crippen LogP contribution is 2.83. The van der Waals surface area contributed by atoms with Gasteiger partial charge in [0.1, 0.15) is 11.5 Å². The van der Waals surface area contributed by atoms with Crippen LogP contribution < -0.4 is 9.64 Å². The van der Waals surface area contributed by atoms with Crippen molar-refractivity contribution in [1.82, 2.24) is 0 Å². The van der Waals surface area contributed by atoms with E-state index >= 15 is 0 Å². The molecule has 4 atom stereocenters. The van der Waals surface area contributed by atoms with E-state index in [1.54, 1.807) is 0 Å². The lowest BCUT2D eigenvalue weighted by atomic mass is 9.53. The zero-order chi connectivity index (χ0) is 41.7. The van der Waals surface area contributed by atoms with Crippen LogP contribution in [0.1, 0.15) is 68.2 Å². The molecule has 1 aliphatic heterocycles. The van der Waals surface area contributed by atoms with Crippen molar-refractivity contribution < 1.29 is 4.74 Å². The molecule has 0 saturated heterocycles. The van der Waals surface area contributed by atoms with E-state index < -0.39 is 0 Å². The fourth-order valence-corrected chi connectivity index (χ4v) is 15.0. The molecule has 304 valence electrons. The topological polar surface area (TPSA) is 12.5 Å². The van der Waals surface area contributed by atoms with Crippen LogP contribution in [0.15, 0.2) is 176 Å². The van der Waals surface area contributed by atoms with E-state index in [0.29, 0.717) is 11.3 Å². The number of nitrogens with zero attached hydrogens (tertiary/aromatic N) is 1. The molecule has 4 aliphatic carbocycles. The number of fused-ring (bicyclic) bond motifs is 8. The van der Waals surface area contributed by atoms with Gasteiger partial charge in [0.2, 0.25) is 0 Å². The minimum atomic E-state index is -0.118. The summed E-state index contributed by atoms with van der Waals surface area (Å²) in [6, 6.07) is 66.2. The Bertz CT molecular complexity index is 3370. The highest BCUT2D eigenvalue weighted by Gasteiger charge is 2.77. The summed E-state index contributed by atoms with van der Waals surface area (Å²) in [6.07, 6.45) is 6.70. The van der Waals surface area contributed by atoms with Gasteiger partial charge in [-0.15, -0.1) is 11.3 Å². The second-order valence-electron chi connectivity index (χ2n) is 19.6. The van der Waals surface area contributed by atoms with Crippen molar-refractivity contribution in [2.45, 2.75) is 56.8 Å². The first-order valence-corrected chi connectivity index (χ1v) is 23.8. The summed E-state index contributed by atoms with van der Waals surface area (Å²) in [5.74, 6) is 3.58. The largest absolute Gasteiger partial charge is 0.457 e. The van der Waals surface area contributed by atoms with Crippen LogP contribution in [0, 0.1) is 17.3 Å². The third kappa shape index (κ3) is 4.79. The van der Waals surface area contributed by atoms with Crippen LogP contribution in [0.5, 0.6) is 11.5 Å². The standard InChI is InChI=1S/C60H47NOS/c1-58(2)49-19-7-5-16-45(49)46-30-28-41(34-52(46)58)61(42-29-31-51-54(35-42)62-53-21-9-8-20-50(53)60(51)38-13-12-32-59(60)36-39(59)33-38)40-26-24-37(25-27-40)43-14-3-4-15-44(43)47-18-11-23-56-57(47)48-17-6-10-22-55(48)63-56/h3-11,14-31,34-35,38-39H,12-13,32-33,36H2,1-2H3/t38?,39-,59+,60?/m1/s1. The molecule has 5 aliphatic rings. The third-order valence-electron chi connectivity index (χ3n) is 16.4. The molecule has 1 aromatic heterocycles. The minimum absolute atomic E-state index is 0.0293. The van der Waals surface area contributed by atoms with Crippen molar-refractivity contribution >= 4 is 48.6 Å². The van der Waals surface area contributed by atoms with Crippen LogP contribution in [0.2, 0.25) is 0 Å². The van der Waals surface area contributed by atoms with Gasteiger partial charge in [0.05, 0.1) is 0 Å². The Morgan fingerprint density at radius 1 is 0.524 bits per heavy atom. The number of para-hydroxylation sites is 1. The first kappa shape index (κ1) is 36.1. The summed E-state index contributed by atoms with van der Waals surface area (Å²) in [6.45, 7) is 4.76. The molecule has 63 heavy (non-hydrogen) atoms. The molecule has 3 saturated carbocycles. The fraction of sp³-hybridized carbons (Fsp3) is 0.200. The SMILES string of the molecule is CC1(C)c2ccccc2-c2ccc(N(c3ccc(-c4ccccc4-c4cccc5sc6ccccc6c45)cc3)c3ccc4c(c3)Oc3ccccc3C43C4CCC[C@@]35C[C@H]5C4)cc21. The number of rotatable bonds is 5. The molecular formula is C60H47NOS. The summed E-state index contributed by atoms with van der Waals surface area (Å²) >= 11 is 1.88. The summed E-state index contributed by atoms with van der Waals surface area (Å²) in [5, 5.41) is 2.66. The normalized spacial score (nSPS) is 22.8. The van der Waals surface area contributed by atoms with Gasteiger partial charge in [-0.2, -0.15) is 0 Å². The van der Waals surface area contributed by atoms with Gasteiger partial charge in [-0.25, -0.2) is 0 Å². The summed E-state index contributed by atoms with van der Waals surface area (Å²) in [5.41, 5.74) is 16.9. The molecule has 2 bridgehead atoms. The average molecular weight is 830 g/mol. The van der Waals surface area contributed by atoms with Gasteiger partial charge in [0.15, 0.2) is 0 Å². The lowest BCUT2D eigenvalue weighted by Gasteiger charge is -2.51. The predicted molar refractivity (Wildman–Crippen MR) is 262 cm³/mol. The van der Waals surface area contributed by atoms with E-state index in [-0.39, 0.29) is 10.8 Å². The second-order valence-corrected chi connectivity index (χ2v) is 20.7. The van der Waals surface area contributed by atoms with Gasteiger partial charge in [-0.1, -0.05) is 142 Å². The van der Waals surface area contributed by atoms with Gasteiger partial charge in [-0.3, -0.25) is 0 Å². The lowest BCUT2D eigenvalue weighted by Crippen LogP contribution is -2.46. The van der Waals surface area contributed by atoms with Crippen LogP contribution in [0.4, 0.5) is 17.1 Å². The van der Waals surface area contributed by atoms with Crippen molar-refractivity contribution in [3.8, 4) is 44.9 Å². The molecular weight excluding hydrogens is 783 g/mol. The zero-order valence-electron chi connectivity index (χ0n) is 35.7. The van der Waals surface area contributed by atoms with E-state index in [0.717, 1.165) is 34.5 Å². The summed E-state index contributed by atoms with van der Waals surface area (Å²) in [4.78, 5) is 2.47. The van der Waals surface area contributed by atoms with Crippen molar-refractivity contribution in [2.24, 2.45) is 17.3 Å². The summed E-state index contributed by atoms with van der Waals surface area (Å²) in [7, 11) is 0. The number of ether oxygens (including phenoxy) is 1. The monoisotopic (exact) mass is 829 g/mol. The Kier molecular flexibility index (Phi) is 7.35. The van der Waals surface area contributed by atoms with Crippen molar-refractivity contribution in [2.75, 3.05) is 4.90 Å². The molecule has 14 rings (SSSR count). The van der Waals surface area contributed by atoms with Crippen molar-refractivity contribution in [3.05, 3.63) is 198 Å². The smallest absolute Gasteiger partial charge is 0.133 e. The van der Waals surface area contributed by atoms with Gasteiger partial charge < -0.3 is 9.64 Å². The quantitative estimate of drug-likeness (QED) is 0.171. The second kappa shape index (κ2) is 12.8. The molecule has 3 heteroatoms. The average Bonchev–Trinajstić information content (AvgIpc) is 3.73. The Balaban J connectivity index is 0.925. The van der Waals surface area contributed by atoms with E-state index in [1.807, 2.05) is 11.3 Å². The molecule has 2 nitrogen and oxygen atoms in total. The van der Waals surface area contributed by atoms with Gasteiger partial charge in [-0.05, 0) is 136 Å². The predicted octanol–water partition coefficient (Wildman–Crippen LogP) is 16.8. The Labute approximate surface area is 373 Å². The molecule has 2 heterocycles. The van der Waals surface area contributed by atoms with Gasteiger partial charge in [0.25, 0.3) is 0 Å². The molecule has 2 unspecified atom stereocenters. The highest BCUT2D eigenvalue weighted by molar-refractivity contribution is 7.25. The molecule has 0 N–H and O–H groups in total. The maximum Gasteiger partial charge on any atom is 0.133 e. The lowest BCUT2D eigenvalue weighted by molar-refractivity contribution is 0.150. The van der Waals surface area contributed by atoms with E-state index in [4.69, 9.17) is 4.74 Å². The number of hydrogen-bond acceptors (Lipinski definition) is 3. The van der Waals surface area contributed by atoms with Gasteiger partial charge >= 0.3 is 0 Å². The zero-order valence-corrected chi connectivity index (χ0v) is 36.5. The maximum absolute atomic E-state index is 7.06. The number of thiophene rings is 1. The third-order valence-corrected chi connectivity index (χ3v) is 17.6. The molecule has 9 aromatic rings. The van der Waals surface area contributed by atoms with Crippen LogP contribution in [0.3, 0.4) is 0 Å². The molecule has 3 fully saturated rings. The van der Waals surface area contributed by atoms with Crippen molar-refractivity contribution in [3.63, 3.8) is 0 Å². The van der Waals surface area contributed by atoms with Crippen LogP contribution >= 0.6 is 11.3 Å². The Morgan fingerprint density at radius 2 is 1.19 bits per heavy atom. The molecule has 0 radical (unpaired) electrons.